The van der Waals surface area contributed by atoms with Gasteiger partial charge in [-0.25, -0.2) is 0 Å². The quantitative estimate of drug-likeness (QED) is 0.616. The van der Waals surface area contributed by atoms with Crippen molar-refractivity contribution < 1.29 is 4.74 Å². The highest BCUT2D eigenvalue weighted by molar-refractivity contribution is 4.84. The maximum atomic E-state index is 5.81. The molecule has 1 nitrogen and oxygen atoms in total. The summed E-state index contributed by atoms with van der Waals surface area (Å²) in [7, 11) is 0. The minimum absolute atomic E-state index is 0.632. The van der Waals surface area contributed by atoms with Crippen LogP contribution in [0, 0.1) is 11.8 Å². The Morgan fingerprint density at radius 3 is 2.25 bits per heavy atom. The van der Waals surface area contributed by atoms with E-state index in [4.69, 9.17) is 4.74 Å². The monoisotopic (exact) mass is 168 g/mol. The maximum absolute atomic E-state index is 5.81. The lowest BCUT2D eigenvalue weighted by Crippen LogP contribution is -2.25. The van der Waals surface area contributed by atoms with Crippen molar-refractivity contribution in [2.75, 3.05) is 0 Å². The van der Waals surface area contributed by atoms with Crippen LogP contribution in [-0.2, 0) is 4.74 Å². The molecule has 0 spiro atoms. The van der Waals surface area contributed by atoms with Gasteiger partial charge in [0.1, 0.15) is 0 Å². The molecule has 0 saturated carbocycles. The number of hydrogen-bond donors (Lipinski definition) is 0. The SMILES string of the molecule is CC(C)CC1C[C@H]2CC[C@@H](C1)O2. The summed E-state index contributed by atoms with van der Waals surface area (Å²) in [5, 5.41) is 0. The van der Waals surface area contributed by atoms with Gasteiger partial charge in [-0.3, -0.25) is 0 Å². The summed E-state index contributed by atoms with van der Waals surface area (Å²) in [4.78, 5) is 0. The van der Waals surface area contributed by atoms with E-state index in [0.29, 0.717) is 12.2 Å². The van der Waals surface area contributed by atoms with Gasteiger partial charge in [0.25, 0.3) is 0 Å². The second-order valence-electron chi connectivity index (χ2n) is 4.92. The van der Waals surface area contributed by atoms with E-state index < -0.39 is 0 Å². The Bertz CT molecular complexity index is 141. The van der Waals surface area contributed by atoms with Crippen molar-refractivity contribution in [1.82, 2.24) is 0 Å². The van der Waals surface area contributed by atoms with Crippen molar-refractivity contribution in [2.24, 2.45) is 11.8 Å². The molecule has 0 aromatic rings. The largest absolute Gasteiger partial charge is 0.375 e. The van der Waals surface area contributed by atoms with Gasteiger partial charge in [0.2, 0.25) is 0 Å². The third kappa shape index (κ3) is 1.82. The third-order valence-corrected chi connectivity index (χ3v) is 3.19. The molecule has 2 bridgehead atoms. The van der Waals surface area contributed by atoms with E-state index in [0.717, 1.165) is 11.8 Å². The summed E-state index contributed by atoms with van der Waals surface area (Å²) in [5.74, 6) is 1.84. The Hall–Kier alpha value is -0.0400. The second kappa shape index (κ2) is 3.37. The molecule has 2 aliphatic heterocycles. The molecule has 1 unspecified atom stereocenters. The molecule has 0 aromatic carbocycles. The van der Waals surface area contributed by atoms with Crippen LogP contribution in [0.3, 0.4) is 0 Å². The van der Waals surface area contributed by atoms with Gasteiger partial charge in [-0.1, -0.05) is 13.8 Å². The average molecular weight is 168 g/mol. The van der Waals surface area contributed by atoms with E-state index in [1.807, 2.05) is 0 Å². The molecule has 1 heteroatoms. The molecule has 2 heterocycles. The lowest BCUT2D eigenvalue weighted by Gasteiger charge is -2.29. The highest BCUT2D eigenvalue weighted by Crippen LogP contribution is 2.38. The fourth-order valence-electron chi connectivity index (χ4n) is 2.83. The Morgan fingerprint density at radius 1 is 1.17 bits per heavy atom. The van der Waals surface area contributed by atoms with Crippen molar-refractivity contribution in [3.05, 3.63) is 0 Å². The summed E-state index contributed by atoms with van der Waals surface area (Å²) in [6, 6.07) is 0. The lowest BCUT2D eigenvalue weighted by atomic mass is 9.88. The van der Waals surface area contributed by atoms with Gasteiger partial charge in [0.15, 0.2) is 0 Å². The third-order valence-electron chi connectivity index (χ3n) is 3.19. The van der Waals surface area contributed by atoms with Crippen LogP contribution in [0.1, 0.15) is 46.0 Å². The maximum Gasteiger partial charge on any atom is 0.0582 e. The minimum atomic E-state index is 0.632. The van der Waals surface area contributed by atoms with Gasteiger partial charge in [-0.05, 0) is 43.9 Å². The van der Waals surface area contributed by atoms with Crippen LogP contribution in [0.15, 0.2) is 0 Å². The van der Waals surface area contributed by atoms with Crippen LogP contribution in [0.25, 0.3) is 0 Å². The van der Waals surface area contributed by atoms with Crippen LogP contribution < -0.4 is 0 Å². The number of rotatable bonds is 2. The molecule has 0 aliphatic carbocycles. The number of fused-ring (bicyclic) bond motifs is 2. The number of hydrogen-bond acceptors (Lipinski definition) is 1. The van der Waals surface area contributed by atoms with Gasteiger partial charge >= 0.3 is 0 Å². The molecule has 2 fully saturated rings. The van der Waals surface area contributed by atoms with Gasteiger partial charge in [-0.2, -0.15) is 0 Å². The predicted molar refractivity (Wildman–Crippen MR) is 50.1 cm³/mol. The predicted octanol–water partition coefficient (Wildman–Crippen LogP) is 2.99. The molecule has 0 N–H and O–H groups in total. The summed E-state index contributed by atoms with van der Waals surface area (Å²) in [6.45, 7) is 4.66. The lowest BCUT2D eigenvalue weighted by molar-refractivity contribution is -0.0231. The first-order valence-corrected chi connectivity index (χ1v) is 5.39. The molecule has 0 aromatic heterocycles. The van der Waals surface area contributed by atoms with E-state index in [1.54, 1.807) is 0 Å². The average Bonchev–Trinajstić information content (AvgIpc) is 2.29. The summed E-state index contributed by atoms with van der Waals surface area (Å²) in [5.41, 5.74) is 0. The molecule has 70 valence electrons. The molecule has 2 aliphatic rings. The van der Waals surface area contributed by atoms with Crippen LogP contribution in [0.4, 0.5) is 0 Å². The van der Waals surface area contributed by atoms with Crippen LogP contribution in [0.2, 0.25) is 0 Å². The Balaban J connectivity index is 1.85. The zero-order valence-electron chi connectivity index (χ0n) is 8.25. The standard InChI is InChI=1S/C11H20O/c1-8(2)5-9-6-10-3-4-11(7-9)12-10/h8-11H,3-7H2,1-2H3/t9?,10-,11+. The highest BCUT2D eigenvalue weighted by Gasteiger charge is 2.34. The van der Waals surface area contributed by atoms with Crippen molar-refractivity contribution >= 4 is 0 Å². The van der Waals surface area contributed by atoms with Crippen LogP contribution in [-0.4, -0.2) is 12.2 Å². The van der Waals surface area contributed by atoms with E-state index in [2.05, 4.69) is 13.8 Å². The smallest absolute Gasteiger partial charge is 0.0582 e. The molecule has 0 radical (unpaired) electrons. The zero-order chi connectivity index (χ0) is 8.55. The molecule has 2 rings (SSSR count). The first kappa shape index (κ1) is 8.55. The van der Waals surface area contributed by atoms with Crippen molar-refractivity contribution in [3.63, 3.8) is 0 Å². The van der Waals surface area contributed by atoms with Crippen LogP contribution in [0.5, 0.6) is 0 Å². The van der Waals surface area contributed by atoms with Gasteiger partial charge in [0, 0.05) is 0 Å². The Labute approximate surface area is 75.5 Å². The van der Waals surface area contributed by atoms with Gasteiger partial charge in [-0.15, -0.1) is 0 Å². The molecular formula is C11H20O. The Morgan fingerprint density at radius 2 is 1.75 bits per heavy atom. The van der Waals surface area contributed by atoms with Gasteiger partial charge < -0.3 is 4.74 Å². The second-order valence-corrected chi connectivity index (χ2v) is 4.92. The van der Waals surface area contributed by atoms with Gasteiger partial charge in [0.05, 0.1) is 12.2 Å². The molecule has 2 saturated heterocycles. The van der Waals surface area contributed by atoms with E-state index in [1.165, 1.54) is 32.1 Å². The fraction of sp³-hybridized carbons (Fsp3) is 1.00. The summed E-state index contributed by atoms with van der Waals surface area (Å²) < 4.78 is 5.81. The fourth-order valence-corrected chi connectivity index (χ4v) is 2.83. The van der Waals surface area contributed by atoms with E-state index in [-0.39, 0.29) is 0 Å². The first-order chi connectivity index (χ1) is 5.74. The van der Waals surface area contributed by atoms with Crippen molar-refractivity contribution in [2.45, 2.75) is 58.2 Å². The molecule has 3 atom stereocenters. The minimum Gasteiger partial charge on any atom is -0.375 e. The normalized spacial score (nSPS) is 40.8. The molecule has 12 heavy (non-hydrogen) atoms. The van der Waals surface area contributed by atoms with Crippen LogP contribution >= 0.6 is 0 Å². The highest BCUT2D eigenvalue weighted by atomic mass is 16.5. The first-order valence-electron chi connectivity index (χ1n) is 5.39. The molecule has 0 amide bonds. The van der Waals surface area contributed by atoms with Crippen molar-refractivity contribution in [3.8, 4) is 0 Å². The summed E-state index contributed by atoms with van der Waals surface area (Å²) >= 11 is 0. The molecular weight excluding hydrogens is 148 g/mol. The summed E-state index contributed by atoms with van der Waals surface area (Å²) in [6.07, 6.45) is 8.03. The van der Waals surface area contributed by atoms with E-state index >= 15 is 0 Å². The van der Waals surface area contributed by atoms with E-state index in [9.17, 15) is 0 Å². The van der Waals surface area contributed by atoms with Crippen molar-refractivity contribution in [1.29, 1.82) is 0 Å². The zero-order valence-corrected chi connectivity index (χ0v) is 8.25. The topological polar surface area (TPSA) is 9.23 Å². The Kier molecular flexibility index (Phi) is 2.40. The number of ether oxygens (including phenoxy) is 1.